The van der Waals surface area contributed by atoms with Crippen LogP contribution in [-0.2, 0) is 28.6 Å². The van der Waals surface area contributed by atoms with Gasteiger partial charge in [0.1, 0.15) is 13.2 Å². The Balaban J connectivity index is 4.33. The molecule has 0 fully saturated rings. The Morgan fingerprint density at radius 3 is 0.882 bits per heavy atom. The summed E-state index contributed by atoms with van der Waals surface area (Å²) in [5.41, 5.74) is 0. The zero-order valence-electron chi connectivity index (χ0n) is 49.7. The Morgan fingerprint density at radius 1 is 0.276 bits per heavy atom. The molecule has 0 aliphatic rings. The van der Waals surface area contributed by atoms with Crippen LogP contribution >= 0.6 is 0 Å². The molecule has 0 bridgehead atoms. The predicted molar refractivity (Wildman–Crippen MR) is 330 cm³/mol. The van der Waals surface area contributed by atoms with Crippen molar-refractivity contribution >= 4 is 17.9 Å². The first kappa shape index (κ1) is 72.1. The lowest BCUT2D eigenvalue weighted by atomic mass is 10.0. The van der Waals surface area contributed by atoms with E-state index in [-0.39, 0.29) is 31.1 Å². The van der Waals surface area contributed by atoms with Crippen LogP contribution in [0.25, 0.3) is 0 Å². The van der Waals surface area contributed by atoms with E-state index in [1.807, 2.05) is 0 Å². The largest absolute Gasteiger partial charge is 0.462 e. The van der Waals surface area contributed by atoms with Gasteiger partial charge in [-0.05, 0) is 122 Å². The number of carbonyl (C=O) groups is 3. The number of rotatable bonds is 57. The monoisotopic (exact) mass is 1050 g/mol. The average Bonchev–Trinajstić information content (AvgIpc) is 3.42. The molecular weight excluding hydrogens is 937 g/mol. The van der Waals surface area contributed by atoms with E-state index in [2.05, 4.69) is 130 Å². The van der Waals surface area contributed by atoms with Crippen LogP contribution in [0.4, 0.5) is 0 Å². The molecule has 0 amide bonds. The molecule has 1 atom stereocenters. The average molecular weight is 1060 g/mol. The fourth-order valence-corrected chi connectivity index (χ4v) is 8.71. The fraction of sp³-hybridized carbons (Fsp3) is 0.700. The Kier molecular flexibility index (Phi) is 60.3. The standard InChI is InChI=1S/C70H118O6/c1-4-7-10-13-16-19-22-24-26-28-30-32-34-35-37-38-40-42-44-46-48-51-54-57-60-63-69(72)75-66-67(65-74-68(71)62-59-56-53-50-21-18-15-12-9-6-3)76-70(73)64-61-58-55-52-49-47-45-43-41-39-36-33-31-29-27-25-23-20-17-14-11-8-5-2/h7,10,12,15-16,19,24,26,29-32,35,37,40,42,46,48,67H,4-6,8-9,11,13-14,17-18,20-23,25,27-28,33-34,36,38-39,41,43-45,47,49-66H2,1-3H3/b10-7-,15-12-,19-16-,26-24-,31-29-,32-30-,37-35-,42-40-,48-46-. The van der Waals surface area contributed by atoms with Gasteiger partial charge in [-0.25, -0.2) is 0 Å². The quantitative estimate of drug-likeness (QED) is 0.0261. The van der Waals surface area contributed by atoms with E-state index < -0.39 is 6.10 Å². The Morgan fingerprint density at radius 2 is 0.539 bits per heavy atom. The van der Waals surface area contributed by atoms with E-state index in [1.54, 1.807) is 0 Å². The van der Waals surface area contributed by atoms with E-state index in [4.69, 9.17) is 14.2 Å². The Labute approximate surface area is 470 Å². The fourth-order valence-electron chi connectivity index (χ4n) is 8.71. The summed E-state index contributed by atoms with van der Waals surface area (Å²) in [7, 11) is 0. The van der Waals surface area contributed by atoms with Crippen molar-refractivity contribution in [3.05, 3.63) is 109 Å². The minimum atomic E-state index is -0.798. The van der Waals surface area contributed by atoms with Crippen molar-refractivity contribution in [3.63, 3.8) is 0 Å². The highest BCUT2D eigenvalue weighted by atomic mass is 16.6. The second-order valence-corrected chi connectivity index (χ2v) is 20.9. The van der Waals surface area contributed by atoms with Gasteiger partial charge in [-0.1, -0.05) is 265 Å². The Bertz CT molecular complexity index is 1540. The van der Waals surface area contributed by atoms with Crippen molar-refractivity contribution < 1.29 is 28.6 Å². The van der Waals surface area contributed by atoms with Crippen LogP contribution in [0.1, 0.15) is 297 Å². The highest BCUT2D eigenvalue weighted by Gasteiger charge is 2.19. The minimum Gasteiger partial charge on any atom is -0.462 e. The lowest BCUT2D eigenvalue weighted by Gasteiger charge is -2.18. The van der Waals surface area contributed by atoms with Crippen molar-refractivity contribution in [2.24, 2.45) is 0 Å². The summed E-state index contributed by atoms with van der Waals surface area (Å²) in [5, 5.41) is 0. The smallest absolute Gasteiger partial charge is 0.306 e. The maximum atomic E-state index is 12.9. The second-order valence-electron chi connectivity index (χ2n) is 20.9. The zero-order valence-corrected chi connectivity index (χ0v) is 49.7. The maximum absolute atomic E-state index is 12.9. The van der Waals surface area contributed by atoms with Crippen LogP contribution in [0.3, 0.4) is 0 Å². The Hall–Kier alpha value is -3.93. The molecule has 0 aromatic heterocycles. The van der Waals surface area contributed by atoms with Gasteiger partial charge in [0.15, 0.2) is 6.10 Å². The molecule has 0 spiro atoms. The predicted octanol–water partition coefficient (Wildman–Crippen LogP) is 21.8. The number of esters is 3. The molecule has 0 rings (SSSR count). The van der Waals surface area contributed by atoms with Crippen molar-refractivity contribution in [2.45, 2.75) is 303 Å². The molecular formula is C70H118O6. The van der Waals surface area contributed by atoms with Crippen molar-refractivity contribution in [1.82, 2.24) is 0 Å². The molecule has 0 aliphatic heterocycles. The number of carbonyl (C=O) groups excluding carboxylic acids is 3. The van der Waals surface area contributed by atoms with E-state index in [0.717, 1.165) is 128 Å². The normalized spacial score (nSPS) is 12.8. The van der Waals surface area contributed by atoms with Gasteiger partial charge in [-0.3, -0.25) is 14.4 Å². The molecule has 434 valence electrons. The SMILES string of the molecule is CC/C=C\C/C=C\C/C=C\C/C=C\C/C=C\C/C=C\C/C=C\CCCCCC(=O)OCC(COC(=O)CCCCCCC/C=C\CCC)OC(=O)CCCCCCCCCCCCC/C=C\CCCCCCCCCC. The molecule has 0 aromatic carbocycles. The number of hydrogen-bond donors (Lipinski definition) is 0. The summed E-state index contributed by atoms with van der Waals surface area (Å²) in [6, 6.07) is 0. The minimum absolute atomic E-state index is 0.0939. The molecule has 0 saturated heterocycles. The van der Waals surface area contributed by atoms with Crippen LogP contribution in [0.2, 0.25) is 0 Å². The van der Waals surface area contributed by atoms with Crippen LogP contribution in [-0.4, -0.2) is 37.2 Å². The molecule has 0 saturated carbocycles. The van der Waals surface area contributed by atoms with E-state index in [0.29, 0.717) is 19.3 Å². The van der Waals surface area contributed by atoms with Gasteiger partial charge in [-0.2, -0.15) is 0 Å². The first-order valence-corrected chi connectivity index (χ1v) is 31.9. The molecule has 0 heterocycles. The first-order chi connectivity index (χ1) is 37.5. The summed E-state index contributed by atoms with van der Waals surface area (Å²) in [4.78, 5) is 38.2. The van der Waals surface area contributed by atoms with Crippen LogP contribution in [0, 0.1) is 0 Å². The summed E-state index contributed by atoms with van der Waals surface area (Å²) in [5.74, 6) is -0.934. The molecule has 0 aliphatic carbocycles. The molecule has 6 heteroatoms. The number of unbranched alkanes of at least 4 members (excludes halogenated alkanes) is 28. The van der Waals surface area contributed by atoms with Gasteiger partial charge in [-0.15, -0.1) is 0 Å². The molecule has 0 radical (unpaired) electrons. The van der Waals surface area contributed by atoms with Gasteiger partial charge in [0.05, 0.1) is 0 Å². The van der Waals surface area contributed by atoms with Crippen LogP contribution in [0.5, 0.6) is 0 Å². The van der Waals surface area contributed by atoms with Gasteiger partial charge in [0.25, 0.3) is 0 Å². The lowest BCUT2D eigenvalue weighted by Crippen LogP contribution is -2.30. The van der Waals surface area contributed by atoms with Crippen LogP contribution in [0.15, 0.2) is 109 Å². The van der Waals surface area contributed by atoms with Gasteiger partial charge < -0.3 is 14.2 Å². The van der Waals surface area contributed by atoms with Gasteiger partial charge in [0, 0.05) is 19.3 Å². The van der Waals surface area contributed by atoms with Crippen molar-refractivity contribution in [1.29, 1.82) is 0 Å². The molecule has 76 heavy (non-hydrogen) atoms. The first-order valence-electron chi connectivity index (χ1n) is 31.9. The molecule has 1 unspecified atom stereocenters. The van der Waals surface area contributed by atoms with E-state index in [1.165, 1.54) is 128 Å². The number of allylic oxidation sites excluding steroid dienone is 18. The molecule has 6 nitrogen and oxygen atoms in total. The van der Waals surface area contributed by atoms with Crippen molar-refractivity contribution in [2.75, 3.05) is 13.2 Å². The summed E-state index contributed by atoms with van der Waals surface area (Å²) < 4.78 is 16.9. The summed E-state index contributed by atoms with van der Waals surface area (Å²) in [6.45, 7) is 6.44. The maximum Gasteiger partial charge on any atom is 0.306 e. The topological polar surface area (TPSA) is 78.9 Å². The van der Waals surface area contributed by atoms with Crippen molar-refractivity contribution in [3.8, 4) is 0 Å². The third kappa shape index (κ3) is 60.9. The van der Waals surface area contributed by atoms with Gasteiger partial charge in [0.2, 0.25) is 0 Å². The highest BCUT2D eigenvalue weighted by Crippen LogP contribution is 2.16. The lowest BCUT2D eigenvalue weighted by molar-refractivity contribution is -0.167. The molecule has 0 N–H and O–H groups in total. The third-order valence-corrected chi connectivity index (χ3v) is 13.5. The summed E-state index contributed by atoms with van der Waals surface area (Å²) >= 11 is 0. The summed E-state index contributed by atoms with van der Waals surface area (Å²) in [6.07, 6.45) is 86.8. The third-order valence-electron chi connectivity index (χ3n) is 13.5. The van der Waals surface area contributed by atoms with E-state index >= 15 is 0 Å². The van der Waals surface area contributed by atoms with Gasteiger partial charge >= 0.3 is 17.9 Å². The van der Waals surface area contributed by atoms with Crippen LogP contribution < -0.4 is 0 Å². The second kappa shape index (κ2) is 63.6. The molecule has 0 aromatic rings. The zero-order chi connectivity index (χ0) is 55.0. The van der Waals surface area contributed by atoms with E-state index in [9.17, 15) is 14.4 Å². The highest BCUT2D eigenvalue weighted by molar-refractivity contribution is 5.71. The number of hydrogen-bond acceptors (Lipinski definition) is 6. The number of ether oxygens (including phenoxy) is 3.